The number of primary amides is 1. The number of nitrogens with two attached hydrogens (primary N) is 1. The minimum absolute atomic E-state index is 0.0233. The van der Waals surface area contributed by atoms with E-state index in [1.807, 2.05) is 66.7 Å². The summed E-state index contributed by atoms with van der Waals surface area (Å²) in [6.45, 7) is 2.28. The van der Waals surface area contributed by atoms with Gasteiger partial charge in [0, 0.05) is 42.5 Å². The maximum atomic E-state index is 12.3. The normalized spacial score (nSPS) is 13.7. The van der Waals surface area contributed by atoms with Gasteiger partial charge in [-0.3, -0.25) is 9.80 Å². The summed E-state index contributed by atoms with van der Waals surface area (Å²) in [4.78, 5) is 26.2. The number of nitrogens with zero attached hydrogens (tertiary/aromatic N) is 4. The SMILES string of the molecule is COc1cccc(N(C(N)=O)C2CN(Cc3ccc(-c4nc5ccccc5nc4-c4ccccc4)cc3)C2)c1. The number of rotatable bonds is 7. The smallest absolute Gasteiger partial charge is 0.319 e. The summed E-state index contributed by atoms with van der Waals surface area (Å²) in [6.07, 6.45) is 0. The number of carbonyl (C=O) groups excluding carboxylic acids is 1. The Morgan fingerprint density at radius 1 is 0.846 bits per heavy atom. The lowest BCUT2D eigenvalue weighted by molar-refractivity contribution is 0.138. The van der Waals surface area contributed by atoms with Crippen LogP contribution in [0.3, 0.4) is 0 Å². The van der Waals surface area contributed by atoms with Gasteiger partial charge in [-0.05, 0) is 29.8 Å². The van der Waals surface area contributed by atoms with Crippen LogP contribution < -0.4 is 15.4 Å². The van der Waals surface area contributed by atoms with E-state index in [4.69, 9.17) is 20.4 Å². The van der Waals surface area contributed by atoms with E-state index in [9.17, 15) is 4.79 Å². The Hall–Kier alpha value is -4.75. The average molecular weight is 516 g/mol. The van der Waals surface area contributed by atoms with Crippen LogP contribution in [0.4, 0.5) is 10.5 Å². The molecule has 0 atom stereocenters. The average Bonchev–Trinajstić information content (AvgIpc) is 2.96. The van der Waals surface area contributed by atoms with Crippen LogP contribution in [0.2, 0.25) is 0 Å². The van der Waals surface area contributed by atoms with Crippen molar-refractivity contribution in [1.82, 2.24) is 14.9 Å². The van der Waals surface area contributed by atoms with E-state index in [2.05, 4.69) is 41.3 Å². The fourth-order valence-electron chi connectivity index (χ4n) is 5.14. The van der Waals surface area contributed by atoms with Gasteiger partial charge in [0.2, 0.25) is 0 Å². The van der Waals surface area contributed by atoms with Gasteiger partial charge < -0.3 is 10.5 Å². The summed E-state index contributed by atoms with van der Waals surface area (Å²) in [5.74, 6) is 0.696. The maximum absolute atomic E-state index is 12.3. The summed E-state index contributed by atoms with van der Waals surface area (Å²) in [6, 6.07) is 33.7. The summed E-state index contributed by atoms with van der Waals surface area (Å²) in [5.41, 5.74) is 13.2. The van der Waals surface area contributed by atoms with Gasteiger partial charge in [0.15, 0.2) is 0 Å². The number of anilines is 1. The highest BCUT2D eigenvalue weighted by Crippen LogP contribution is 2.32. The number of hydrogen-bond donors (Lipinski definition) is 1. The lowest BCUT2D eigenvalue weighted by atomic mass is 10.0. The van der Waals surface area contributed by atoms with E-state index >= 15 is 0 Å². The molecule has 1 aliphatic heterocycles. The Balaban J connectivity index is 1.19. The van der Waals surface area contributed by atoms with Crippen molar-refractivity contribution in [3.05, 3.63) is 109 Å². The zero-order chi connectivity index (χ0) is 26.8. The highest BCUT2D eigenvalue weighted by Gasteiger charge is 2.34. The Bertz CT molecular complexity index is 1620. The summed E-state index contributed by atoms with van der Waals surface area (Å²) in [5, 5.41) is 0. The van der Waals surface area contributed by atoms with Crippen LogP contribution in [-0.4, -0.2) is 47.1 Å². The van der Waals surface area contributed by atoms with Crippen LogP contribution >= 0.6 is 0 Å². The molecular formula is C32H29N5O2. The predicted molar refractivity (Wildman–Crippen MR) is 155 cm³/mol. The Morgan fingerprint density at radius 2 is 1.46 bits per heavy atom. The van der Waals surface area contributed by atoms with Crippen LogP contribution in [0.15, 0.2) is 103 Å². The molecule has 1 aromatic heterocycles. The number of para-hydroxylation sites is 2. The third-order valence-corrected chi connectivity index (χ3v) is 7.12. The number of ether oxygens (including phenoxy) is 1. The van der Waals surface area contributed by atoms with Gasteiger partial charge in [-0.2, -0.15) is 0 Å². The number of benzene rings is 4. The van der Waals surface area contributed by atoms with E-state index in [1.54, 1.807) is 12.0 Å². The monoisotopic (exact) mass is 515 g/mol. The molecule has 1 fully saturated rings. The molecule has 0 aliphatic carbocycles. The molecule has 0 bridgehead atoms. The van der Waals surface area contributed by atoms with Crippen molar-refractivity contribution in [2.75, 3.05) is 25.1 Å². The molecule has 7 nitrogen and oxygen atoms in total. The molecule has 1 aliphatic rings. The second-order valence-corrected chi connectivity index (χ2v) is 9.73. The van der Waals surface area contributed by atoms with Gasteiger partial charge in [-0.1, -0.05) is 72.8 Å². The molecule has 7 heteroatoms. The highest BCUT2D eigenvalue weighted by molar-refractivity contribution is 5.92. The molecule has 194 valence electrons. The molecular weight excluding hydrogens is 486 g/mol. The van der Waals surface area contributed by atoms with Crippen molar-refractivity contribution in [2.24, 2.45) is 5.73 Å². The van der Waals surface area contributed by atoms with Gasteiger partial charge >= 0.3 is 6.03 Å². The molecule has 0 spiro atoms. The number of likely N-dealkylation sites (tertiary alicyclic amines) is 1. The van der Waals surface area contributed by atoms with Crippen molar-refractivity contribution in [3.63, 3.8) is 0 Å². The van der Waals surface area contributed by atoms with Crippen LogP contribution in [0.5, 0.6) is 5.75 Å². The maximum Gasteiger partial charge on any atom is 0.319 e. The van der Waals surface area contributed by atoms with Gasteiger partial charge in [0.1, 0.15) is 5.75 Å². The largest absolute Gasteiger partial charge is 0.497 e. The fraction of sp³-hybridized carbons (Fsp3) is 0.156. The van der Waals surface area contributed by atoms with Gasteiger partial charge in [-0.25, -0.2) is 14.8 Å². The fourth-order valence-corrected chi connectivity index (χ4v) is 5.14. The molecule has 6 rings (SSSR count). The molecule has 1 saturated heterocycles. The number of methoxy groups -OCH3 is 1. The number of fused-ring (bicyclic) bond motifs is 1. The predicted octanol–water partition coefficient (Wildman–Crippen LogP) is 5.74. The van der Waals surface area contributed by atoms with E-state index in [0.29, 0.717) is 5.75 Å². The van der Waals surface area contributed by atoms with E-state index in [-0.39, 0.29) is 6.04 Å². The van der Waals surface area contributed by atoms with Crippen LogP contribution in [-0.2, 0) is 6.54 Å². The molecule has 0 radical (unpaired) electrons. The molecule has 5 aromatic rings. The van der Waals surface area contributed by atoms with Crippen molar-refractivity contribution < 1.29 is 9.53 Å². The number of amides is 2. The van der Waals surface area contributed by atoms with Crippen molar-refractivity contribution in [2.45, 2.75) is 12.6 Å². The third-order valence-electron chi connectivity index (χ3n) is 7.12. The molecule has 2 N–H and O–H groups in total. The van der Waals surface area contributed by atoms with E-state index in [0.717, 1.165) is 58.9 Å². The van der Waals surface area contributed by atoms with Crippen LogP contribution in [0.25, 0.3) is 33.5 Å². The molecule has 2 amide bonds. The first-order valence-electron chi connectivity index (χ1n) is 13.0. The van der Waals surface area contributed by atoms with Crippen molar-refractivity contribution >= 4 is 22.8 Å². The second kappa shape index (κ2) is 10.6. The lowest BCUT2D eigenvalue weighted by Crippen LogP contribution is -2.61. The zero-order valence-electron chi connectivity index (χ0n) is 21.7. The quantitative estimate of drug-likeness (QED) is 0.299. The molecule has 0 unspecified atom stereocenters. The number of carbonyl (C=O) groups is 1. The summed E-state index contributed by atoms with van der Waals surface area (Å²) < 4.78 is 5.31. The van der Waals surface area contributed by atoms with Gasteiger partial charge in [0.05, 0.1) is 35.6 Å². The Morgan fingerprint density at radius 3 is 2.08 bits per heavy atom. The molecule has 2 heterocycles. The Kier molecular flexibility index (Phi) is 6.65. The zero-order valence-corrected chi connectivity index (χ0v) is 21.7. The molecule has 0 saturated carbocycles. The molecule has 4 aromatic carbocycles. The first-order chi connectivity index (χ1) is 19.1. The standard InChI is InChI=1S/C32H29N5O2/c1-39-27-11-7-10-25(18-27)37(32(33)38)26-20-36(21-26)19-22-14-16-24(17-15-22)31-30(23-8-3-2-4-9-23)34-28-12-5-6-13-29(28)35-31/h2-18,26H,19-21H2,1H3,(H2,33,38). The van der Waals surface area contributed by atoms with Crippen LogP contribution in [0.1, 0.15) is 5.56 Å². The van der Waals surface area contributed by atoms with Crippen molar-refractivity contribution in [1.29, 1.82) is 0 Å². The number of aromatic nitrogens is 2. The minimum Gasteiger partial charge on any atom is -0.497 e. The van der Waals surface area contributed by atoms with E-state index in [1.165, 1.54) is 5.56 Å². The topological polar surface area (TPSA) is 84.6 Å². The first kappa shape index (κ1) is 24.6. The number of hydrogen-bond acceptors (Lipinski definition) is 5. The minimum atomic E-state index is -0.456. The summed E-state index contributed by atoms with van der Waals surface area (Å²) in [7, 11) is 1.61. The molecule has 39 heavy (non-hydrogen) atoms. The number of urea groups is 1. The summed E-state index contributed by atoms with van der Waals surface area (Å²) >= 11 is 0. The Labute approximate surface area is 227 Å². The van der Waals surface area contributed by atoms with Crippen LogP contribution in [0, 0.1) is 0 Å². The van der Waals surface area contributed by atoms with Crippen molar-refractivity contribution in [3.8, 4) is 28.3 Å². The third kappa shape index (κ3) is 5.04. The van der Waals surface area contributed by atoms with E-state index < -0.39 is 6.03 Å². The first-order valence-corrected chi connectivity index (χ1v) is 13.0. The second-order valence-electron chi connectivity index (χ2n) is 9.73. The van der Waals surface area contributed by atoms with Gasteiger partial charge in [0.25, 0.3) is 0 Å². The lowest BCUT2D eigenvalue weighted by Gasteiger charge is -2.44. The van der Waals surface area contributed by atoms with Gasteiger partial charge in [-0.15, -0.1) is 0 Å². The highest BCUT2D eigenvalue weighted by atomic mass is 16.5.